The maximum absolute atomic E-state index is 12.1. The summed E-state index contributed by atoms with van der Waals surface area (Å²) < 4.78 is 4.43. The number of amides is 1. The number of halogens is 3. The van der Waals surface area contributed by atoms with E-state index in [2.05, 4.69) is 43.1 Å². The van der Waals surface area contributed by atoms with E-state index in [9.17, 15) is 4.79 Å². The number of aryl methyl sites for hydroxylation is 2. The highest BCUT2D eigenvalue weighted by Gasteiger charge is 2.09. The minimum atomic E-state index is -0.171. The van der Waals surface area contributed by atoms with Gasteiger partial charge >= 0.3 is 0 Å². The van der Waals surface area contributed by atoms with E-state index >= 15 is 0 Å². The fraction of sp³-hybridized carbons (Fsp3) is 0.250. The Bertz CT molecular complexity index is 919. The van der Waals surface area contributed by atoms with Crippen molar-refractivity contribution in [3.8, 4) is 0 Å². The van der Waals surface area contributed by atoms with Crippen molar-refractivity contribution in [2.24, 2.45) is 0 Å². The summed E-state index contributed by atoms with van der Waals surface area (Å²) in [6.45, 7) is 2.86. The molecule has 3 rings (SSSR count). The van der Waals surface area contributed by atoms with Gasteiger partial charge in [-0.05, 0) is 47.2 Å². The highest BCUT2D eigenvalue weighted by Crippen LogP contribution is 2.21. The van der Waals surface area contributed by atoms with E-state index in [4.69, 9.17) is 23.2 Å². The van der Waals surface area contributed by atoms with Crippen molar-refractivity contribution >= 4 is 57.6 Å². The fourth-order valence-corrected chi connectivity index (χ4v) is 3.16. The normalized spacial score (nSPS) is 10.9. The summed E-state index contributed by atoms with van der Waals surface area (Å²) in [6, 6.07) is 5.27. The molecule has 0 fully saturated rings. The third-order valence-electron chi connectivity index (χ3n) is 3.59. The number of nitrogens with one attached hydrogen (secondary N) is 1. The predicted molar refractivity (Wildman–Crippen MR) is 109 cm³/mol. The number of rotatable bonds is 6. The number of carbonyl (C=O) groups is 1. The van der Waals surface area contributed by atoms with E-state index < -0.39 is 0 Å². The molecular formula is C16H15Cl2IN6O. The molecule has 0 spiro atoms. The SMILES string of the molecule is Cc1nn(CCC(=O)Nc2ncn(Cc3ccc(Cl)cc3Cl)n2)cc1I. The molecule has 10 heteroatoms. The highest BCUT2D eigenvalue weighted by molar-refractivity contribution is 14.1. The fourth-order valence-electron chi connectivity index (χ4n) is 2.26. The monoisotopic (exact) mass is 504 g/mol. The zero-order valence-corrected chi connectivity index (χ0v) is 17.5. The van der Waals surface area contributed by atoms with Crippen LogP contribution in [-0.4, -0.2) is 30.5 Å². The topological polar surface area (TPSA) is 77.6 Å². The molecule has 0 radical (unpaired) electrons. The average Bonchev–Trinajstić information content (AvgIpc) is 3.15. The molecule has 0 aliphatic rings. The number of anilines is 1. The van der Waals surface area contributed by atoms with Gasteiger partial charge in [-0.2, -0.15) is 5.10 Å². The van der Waals surface area contributed by atoms with E-state index in [-0.39, 0.29) is 18.3 Å². The van der Waals surface area contributed by atoms with Crippen LogP contribution in [-0.2, 0) is 17.9 Å². The van der Waals surface area contributed by atoms with Crippen LogP contribution in [0.25, 0.3) is 0 Å². The lowest BCUT2D eigenvalue weighted by atomic mass is 10.2. The third-order valence-corrected chi connectivity index (χ3v) is 5.24. The van der Waals surface area contributed by atoms with Gasteiger partial charge in [-0.1, -0.05) is 29.3 Å². The number of hydrogen-bond acceptors (Lipinski definition) is 4. The third kappa shape index (κ3) is 4.95. The molecule has 0 bridgehead atoms. The summed E-state index contributed by atoms with van der Waals surface area (Å²) >= 11 is 14.3. The first-order valence-electron chi connectivity index (χ1n) is 7.73. The van der Waals surface area contributed by atoms with Crippen LogP contribution in [0.1, 0.15) is 17.7 Å². The van der Waals surface area contributed by atoms with Gasteiger partial charge in [0.05, 0.1) is 15.8 Å². The molecule has 7 nitrogen and oxygen atoms in total. The maximum Gasteiger partial charge on any atom is 0.248 e. The Kier molecular flexibility index (Phi) is 6.15. The van der Waals surface area contributed by atoms with Crippen molar-refractivity contribution in [1.29, 1.82) is 0 Å². The van der Waals surface area contributed by atoms with Crippen LogP contribution >= 0.6 is 45.8 Å². The minimum absolute atomic E-state index is 0.171. The first kappa shape index (κ1) is 19.1. The van der Waals surface area contributed by atoms with Crippen molar-refractivity contribution in [1.82, 2.24) is 24.5 Å². The van der Waals surface area contributed by atoms with E-state index in [0.717, 1.165) is 14.8 Å². The Balaban J connectivity index is 1.55. The van der Waals surface area contributed by atoms with Gasteiger partial charge < -0.3 is 0 Å². The van der Waals surface area contributed by atoms with Crippen LogP contribution in [0.2, 0.25) is 10.0 Å². The Morgan fingerprint density at radius 1 is 1.27 bits per heavy atom. The molecule has 0 atom stereocenters. The first-order valence-corrected chi connectivity index (χ1v) is 9.57. The van der Waals surface area contributed by atoms with E-state index in [1.165, 1.54) is 0 Å². The van der Waals surface area contributed by atoms with Crippen LogP contribution in [0.3, 0.4) is 0 Å². The lowest BCUT2D eigenvalue weighted by molar-refractivity contribution is -0.116. The molecule has 3 aromatic rings. The Morgan fingerprint density at radius 2 is 2.08 bits per heavy atom. The molecular weight excluding hydrogens is 490 g/mol. The van der Waals surface area contributed by atoms with Gasteiger partial charge in [0.15, 0.2) is 0 Å². The zero-order valence-electron chi connectivity index (χ0n) is 13.8. The van der Waals surface area contributed by atoms with Gasteiger partial charge in [0.25, 0.3) is 0 Å². The molecule has 1 aromatic carbocycles. The first-order chi connectivity index (χ1) is 12.4. The summed E-state index contributed by atoms with van der Waals surface area (Å²) in [4.78, 5) is 16.2. The number of benzene rings is 1. The second-order valence-electron chi connectivity index (χ2n) is 5.63. The molecule has 1 N–H and O–H groups in total. The number of carbonyl (C=O) groups excluding carboxylic acids is 1. The van der Waals surface area contributed by atoms with E-state index in [1.54, 1.807) is 27.8 Å². The molecule has 0 saturated heterocycles. The predicted octanol–water partition coefficient (Wildman–Crippen LogP) is 3.77. The van der Waals surface area contributed by atoms with Crippen LogP contribution < -0.4 is 5.32 Å². The van der Waals surface area contributed by atoms with Crippen molar-refractivity contribution in [2.45, 2.75) is 26.4 Å². The van der Waals surface area contributed by atoms with Crippen molar-refractivity contribution in [3.05, 3.63) is 55.6 Å². The lowest BCUT2D eigenvalue weighted by Crippen LogP contribution is -2.16. The van der Waals surface area contributed by atoms with Gasteiger partial charge in [0.1, 0.15) is 6.33 Å². The van der Waals surface area contributed by atoms with Gasteiger partial charge in [-0.3, -0.25) is 14.8 Å². The second-order valence-corrected chi connectivity index (χ2v) is 7.63. The molecule has 26 heavy (non-hydrogen) atoms. The van der Waals surface area contributed by atoms with Crippen LogP contribution in [0.15, 0.2) is 30.7 Å². The molecule has 2 heterocycles. The molecule has 0 unspecified atom stereocenters. The minimum Gasteiger partial charge on any atom is -0.293 e. The van der Waals surface area contributed by atoms with E-state index in [0.29, 0.717) is 23.1 Å². The molecule has 136 valence electrons. The average molecular weight is 505 g/mol. The number of aromatic nitrogens is 5. The van der Waals surface area contributed by atoms with Gasteiger partial charge in [0, 0.05) is 29.2 Å². The number of nitrogens with zero attached hydrogens (tertiary/aromatic N) is 5. The highest BCUT2D eigenvalue weighted by atomic mass is 127. The quantitative estimate of drug-likeness (QED) is 0.518. The van der Waals surface area contributed by atoms with Crippen molar-refractivity contribution in [3.63, 3.8) is 0 Å². The smallest absolute Gasteiger partial charge is 0.248 e. The summed E-state index contributed by atoms with van der Waals surface area (Å²) in [5.41, 5.74) is 1.81. The molecule has 0 aliphatic carbocycles. The standard InChI is InChI=1S/C16H15Cl2IN6O/c1-10-14(19)8-24(22-10)5-4-15(26)21-16-20-9-25(23-16)7-11-2-3-12(17)6-13(11)18/h2-3,6,8-9H,4-5,7H2,1H3,(H,21,23,26). The zero-order chi connectivity index (χ0) is 18.7. The molecule has 2 aromatic heterocycles. The Morgan fingerprint density at radius 3 is 2.77 bits per heavy atom. The summed E-state index contributed by atoms with van der Waals surface area (Å²) in [6.07, 6.45) is 3.74. The summed E-state index contributed by atoms with van der Waals surface area (Å²) in [5, 5.41) is 12.4. The molecule has 0 aliphatic heterocycles. The summed E-state index contributed by atoms with van der Waals surface area (Å²) in [7, 11) is 0. The number of hydrogen-bond donors (Lipinski definition) is 1. The second kappa shape index (κ2) is 8.36. The maximum atomic E-state index is 12.1. The largest absolute Gasteiger partial charge is 0.293 e. The van der Waals surface area contributed by atoms with E-state index in [1.807, 2.05) is 19.2 Å². The van der Waals surface area contributed by atoms with Crippen molar-refractivity contribution < 1.29 is 4.79 Å². The van der Waals surface area contributed by atoms with Crippen molar-refractivity contribution in [2.75, 3.05) is 5.32 Å². The van der Waals surface area contributed by atoms with Gasteiger partial charge in [0.2, 0.25) is 11.9 Å². The van der Waals surface area contributed by atoms with Gasteiger partial charge in [-0.25, -0.2) is 9.67 Å². The summed E-state index contributed by atoms with van der Waals surface area (Å²) in [5.74, 6) is 0.0850. The van der Waals surface area contributed by atoms with Crippen LogP contribution in [0, 0.1) is 10.5 Å². The molecule has 0 saturated carbocycles. The van der Waals surface area contributed by atoms with Crippen LogP contribution in [0.5, 0.6) is 0 Å². The van der Waals surface area contributed by atoms with Gasteiger partial charge in [-0.15, -0.1) is 5.10 Å². The Labute approximate surface area is 173 Å². The van der Waals surface area contributed by atoms with Crippen LogP contribution in [0.4, 0.5) is 5.95 Å². The lowest BCUT2D eigenvalue weighted by Gasteiger charge is -2.04. The molecule has 1 amide bonds. The Hall–Kier alpha value is -1.65.